The molecule has 0 amide bonds. The van der Waals surface area contributed by atoms with Crippen molar-refractivity contribution >= 4 is 5.57 Å². The first-order valence-corrected chi connectivity index (χ1v) is 4.46. The molecular weight excluding hydrogens is 165 g/mol. The Labute approximate surface area is 78.3 Å². The molecule has 1 heterocycles. The quantitative estimate of drug-likeness (QED) is 0.648. The van der Waals surface area contributed by atoms with Gasteiger partial charge in [-0.3, -0.25) is 0 Å². The van der Waals surface area contributed by atoms with Gasteiger partial charge in [0.1, 0.15) is 0 Å². The Morgan fingerprint density at radius 3 is 2.77 bits per heavy atom. The normalized spacial score (nSPS) is 10.1. The van der Waals surface area contributed by atoms with Crippen molar-refractivity contribution in [1.29, 1.82) is 0 Å². The van der Waals surface area contributed by atoms with E-state index in [2.05, 4.69) is 11.6 Å². The van der Waals surface area contributed by atoms with Gasteiger partial charge in [0.15, 0.2) is 0 Å². The summed E-state index contributed by atoms with van der Waals surface area (Å²) in [4.78, 5) is 3.75. The molecule has 0 saturated carbocycles. The van der Waals surface area contributed by atoms with Gasteiger partial charge in [-0.05, 0) is 31.1 Å². The third-order valence-electron chi connectivity index (χ3n) is 1.92. The van der Waals surface area contributed by atoms with Gasteiger partial charge >= 0.3 is 0 Å². The van der Waals surface area contributed by atoms with E-state index in [9.17, 15) is 4.39 Å². The number of hydrogen-bond donors (Lipinski definition) is 0. The Hall–Kier alpha value is -1.18. The molecule has 1 rings (SSSR count). The SMILES string of the molecule is C=C(CCC)c1ccc(C)nc1F. The van der Waals surface area contributed by atoms with Gasteiger partial charge in [0.25, 0.3) is 0 Å². The van der Waals surface area contributed by atoms with E-state index in [4.69, 9.17) is 0 Å². The number of halogens is 1. The zero-order chi connectivity index (χ0) is 9.84. The minimum atomic E-state index is -0.404. The van der Waals surface area contributed by atoms with Crippen LogP contribution in [-0.2, 0) is 0 Å². The van der Waals surface area contributed by atoms with E-state index in [0.29, 0.717) is 11.3 Å². The van der Waals surface area contributed by atoms with Crippen LogP contribution < -0.4 is 0 Å². The molecule has 0 aliphatic carbocycles. The Morgan fingerprint density at radius 2 is 2.23 bits per heavy atom. The highest BCUT2D eigenvalue weighted by Crippen LogP contribution is 2.19. The molecule has 0 spiro atoms. The Balaban J connectivity index is 2.95. The summed E-state index contributed by atoms with van der Waals surface area (Å²) >= 11 is 0. The van der Waals surface area contributed by atoms with Crippen molar-refractivity contribution in [2.75, 3.05) is 0 Å². The second-order valence-electron chi connectivity index (χ2n) is 3.14. The van der Waals surface area contributed by atoms with Crippen molar-refractivity contribution in [2.24, 2.45) is 0 Å². The summed E-state index contributed by atoms with van der Waals surface area (Å²) in [6.07, 6.45) is 1.80. The van der Waals surface area contributed by atoms with E-state index >= 15 is 0 Å². The number of pyridine rings is 1. The van der Waals surface area contributed by atoms with E-state index in [1.165, 1.54) is 0 Å². The van der Waals surface area contributed by atoms with Gasteiger partial charge in [-0.15, -0.1) is 0 Å². The molecule has 1 aromatic rings. The topological polar surface area (TPSA) is 12.9 Å². The lowest BCUT2D eigenvalue weighted by molar-refractivity contribution is 0.575. The van der Waals surface area contributed by atoms with E-state index in [1.807, 2.05) is 6.92 Å². The van der Waals surface area contributed by atoms with Gasteiger partial charge in [-0.2, -0.15) is 4.39 Å². The van der Waals surface area contributed by atoms with E-state index < -0.39 is 5.95 Å². The van der Waals surface area contributed by atoms with Crippen molar-refractivity contribution in [3.05, 3.63) is 35.9 Å². The summed E-state index contributed by atoms with van der Waals surface area (Å²) in [5.74, 6) is -0.404. The molecule has 0 atom stereocenters. The number of nitrogens with zero attached hydrogens (tertiary/aromatic N) is 1. The molecule has 0 unspecified atom stereocenters. The van der Waals surface area contributed by atoms with Gasteiger partial charge < -0.3 is 0 Å². The van der Waals surface area contributed by atoms with Crippen molar-refractivity contribution in [1.82, 2.24) is 4.98 Å². The molecule has 0 aromatic carbocycles. The predicted octanol–water partition coefficient (Wildman–Crippen LogP) is 3.34. The fourth-order valence-corrected chi connectivity index (χ4v) is 1.23. The smallest absolute Gasteiger partial charge is 0.220 e. The summed E-state index contributed by atoms with van der Waals surface area (Å²) in [6.45, 7) is 7.64. The molecule has 2 heteroatoms. The number of aromatic nitrogens is 1. The molecule has 0 saturated heterocycles. The fraction of sp³-hybridized carbons (Fsp3) is 0.364. The van der Waals surface area contributed by atoms with Crippen LogP contribution in [0.1, 0.15) is 31.0 Å². The highest BCUT2D eigenvalue weighted by Gasteiger charge is 2.05. The first-order chi connectivity index (χ1) is 6.15. The average molecular weight is 179 g/mol. The third kappa shape index (κ3) is 2.38. The molecule has 70 valence electrons. The third-order valence-corrected chi connectivity index (χ3v) is 1.92. The number of rotatable bonds is 3. The van der Waals surface area contributed by atoms with Crippen molar-refractivity contribution < 1.29 is 4.39 Å². The number of allylic oxidation sites excluding steroid dienone is 1. The molecule has 1 nitrogen and oxygen atoms in total. The Bertz CT molecular complexity index is 318. The maximum atomic E-state index is 13.3. The van der Waals surface area contributed by atoms with E-state index in [0.717, 1.165) is 18.4 Å². The molecule has 13 heavy (non-hydrogen) atoms. The summed E-state index contributed by atoms with van der Waals surface area (Å²) < 4.78 is 13.3. The van der Waals surface area contributed by atoms with Crippen molar-refractivity contribution in [3.63, 3.8) is 0 Å². The van der Waals surface area contributed by atoms with Gasteiger partial charge in [0.2, 0.25) is 5.95 Å². The second-order valence-corrected chi connectivity index (χ2v) is 3.14. The van der Waals surface area contributed by atoms with E-state index in [-0.39, 0.29) is 0 Å². The predicted molar refractivity (Wildman–Crippen MR) is 52.9 cm³/mol. The zero-order valence-corrected chi connectivity index (χ0v) is 8.10. The van der Waals surface area contributed by atoms with Crippen LogP contribution >= 0.6 is 0 Å². The molecule has 0 aliphatic heterocycles. The van der Waals surface area contributed by atoms with Crippen molar-refractivity contribution in [3.8, 4) is 0 Å². The van der Waals surface area contributed by atoms with Gasteiger partial charge in [0, 0.05) is 11.3 Å². The minimum absolute atomic E-state index is 0.404. The van der Waals surface area contributed by atoms with Crippen LogP contribution in [0.5, 0.6) is 0 Å². The Morgan fingerprint density at radius 1 is 1.54 bits per heavy atom. The van der Waals surface area contributed by atoms with Crippen LogP contribution in [0.15, 0.2) is 18.7 Å². The monoisotopic (exact) mass is 179 g/mol. The maximum absolute atomic E-state index is 13.3. The van der Waals surface area contributed by atoms with Crippen LogP contribution in [0.4, 0.5) is 4.39 Å². The minimum Gasteiger partial charge on any atom is -0.225 e. The van der Waals surface area contributed by atoms with Gasteiger partial charge in [0.05, 0.1) is 0 Å². The molecule has 1 aromatic heterocycles. The summed E-state index contributed by atoms with van der Waals surface area (Å²) in [6, 6.07) is 3.55. The summed E-state index contributed by atoms with van der Waals surface area (Å²) in [7, 11) is 0. The van der Waals surface area contributed by atoms with Crippen LogP contribution in [0.2, 0.25) is 0 Å². The van der Waals surface area contributed by atoms with Crippen LogP contribution in [0, 0.1) is 12.9 Å². The molecule has 0 N–H and O–H groups in total. The molecule has 0 bridgehead atoms. The number of hydrogen-bond acceptors (Lipinski definition) is 1. The van der Waals surface area contributed by atoms with Crippen LogP contribution in [-0.4, -0.2) is 4.98 Å². The van der Waals surface area contributed by atoms with Crippen LogP contribution in [0.25, 0.3) is 5.57 Å². The zero-order valence-electron chi connectivity index (χ0n) is 8.10. The van der Waals surface area contributed by atoms with E-state index in [1.54, 1.807) is 19.1 Å². The molecule has 0 radical (unpaired) electrons. The average Bonchev–Trinajstić information content (AvgIpc) is 2.04. The standard InChI is InChI=1S/C11H14FN/c1-4-5-8(2)10-7-6-9(3)13-11(10)12/h6-7H,2,4-5H2,1,3H3. The summed E-state index contributed by atoms with van der Waals surface area (Å²) in [5.41, 5.74) is 2.07. The number of aryl methyl sites for hydroxylation is 1. The molecular formula is C11H14FN. The first kappa shape index (κ1) is 9.90. The maximum Gasteiger partial charge on any atom is 0.220 e. The van der Waals surface area contributed by atoms with Gasteiger partial charge in [-0.25, -0.2) is 4.98 Å². The first-order valence-electron chi connectivity index (χ1n) is 4.46. The lowest BCUT2D eigenvalue weighted by Gasteiger charge is -2.05. The lowest BCUT2D eigenvalue weighted by atomic mass is 10.0. The highest BCUT2D eigenvalue weighted by atomic mass is 19.1. The molecule has 0 aliphatic rings. The largest absolute Gasteiger partial charge is 0.225 e. The lowest BCUT2D eigenvalue weighted by Crippen LogP contribution is -1.94. The highest BCUT2D eigenvalue weighted by molar-refractivity contribution is 5.62. The van der Waals surface area contributed by atoms with Crippen LogP contribution in [0.3, 0.4) is 0 Å². The second kappa shape index (κ2) is 4.17. The Kier molecular flexibility index (Phi) is 3.18. The molecule has 0 fully saturated rings. The summed E-state index contributed by atoms with van der Waals surface area (Å²) in [5, 5.41) is 0. The fourth-order valence-electron chi connectivity index (χ4n) is 1.23. The van der Waals surface area contributed by atoms with Gasteiger partial charge in [-0.1, -0.05) is 19.9 Å². The van der Waals surface area contributed by atoms with Crippen molar-refractivity contribution in [2.45, 2.75) is 26.7 Å².